The topological polar surface area (TPSA) is 192 Å². The molecular weight excluding hydrogens is 931 g/mol. The fourth-order valence-corrected chi connectivity index (χ4v) is 10.6. The minimum Gasteiger partial charge on any atom is -0.394 e. The summed E-state index contributed by atoms with van der Waals surface area (Å²) in [6.45, 7) is 3.50. The molecule has 7 unspecified atom stereocenters. The van der Waals surface area contributed by atoms with Gasteiger partial charge in [0.2, 0.25) is 5.91 Å². The summed E-state index contributed by atoms with van der Waals surface area (Å²) in [5.41, 5.74) is 0. The largest absolute Gasteiger partial charge is 0.397 e. The Morgan fingerprint density at radius 1 is 0.542 bits per heavy atom. The number of amides is 1. The molecule has 13 heteroatoms. The van der Waals surface area contributed by atoms with Gasteiger partial charge in [0.05, 0.1) is 25.4 Å². The molecule has 0 aromatic heterocycles. The molecular formula is C59H115NO11S. The normalized spacial score (nSPS) is 19.3. The molecule has 0 aliphatic carbocycles. The van der Waals surface area contributed by atoms with Crippen molar-refractivity contribution in [2.75, 3.05) is 13.2 Å². The first-order chi connectivity index (χ1) is 35.0. The number of nitrogens with one attached hydrogen (secondary N) is 1. The zero-order chi connectivity index (χ0) is 52.6. The van der Waals surface area contributed by atoms with E-state index in [9.17, 15) is 38.2 Å². The van der Waals surface area contributed by atoms with Crippen LogP contribution in [0.4, 0.5) is 0 Å². The highest BCUT2D eigenvalue weighted by molar-refractivity contribution is 7.80. The number of unbranched alkanes of at least 4 members (excludes halogenated alkanes) is 40. The third kappa shape index (κ3) is 41.1. The molecule has 0 spiro atoms. The third-order valence-corrected chi connectivity index (χ3v) is 15.3. The van der Waals surface area contributed by atoms with E-state index in [4.69, 9.17) is 9.47 Å². The second-order valence-corrected chi connectivity index (χ2v) is 22.7. The summed E-state index contributed by atoms with van der Waals surface area (Å²) in [7, 11) is -5.08. The second-order valence-electron chi connectivity index (χ2n) is 21.6. The van der Waals surface area contributed by atoms with Gasteiger partial charge in [-0.05, 0) is 38.5 Å². The lowest BCUT2D eigenvalue weighted by Crippen LogP contribution is -2.61. The molecule has 1 aliphatic rings. The molecule has 1 saturated heterocycles. The maximum Gasteiger partial charge on any atom is 0.397 e. The van der Waals surface area contributed by atoms with Gasteiger partial charge in [0.15, 0.2) is 6.29 Å². The number of hydrogen-bond donors (Lipinski definition) is 6. The molecule has 0 bridgehead atoms. The average molecular weight is 1050 g/mol. The van der Waals surface area contributed by atoms with Crippen LogP contribution in [0, 0.1) is 0 Å². The van der Waals surface area contributed by atoms with Gasteiger partial charge >= 0.3 is 10.4 Å². The first kappa shape index (κ1) is 68.9. The van der Waals surface area contributed by atoms with Crippen LogP contribution in [-0.2, 0) is 28.9 Å². The van der Waals surface area contributed by atoms with Crippen LogP contribution in [0.3, 0.4) is 0 Å². The van der Waals surface area contributed by atoms with E-state index in [1.54, 1.807) is 0 Å². The molecule has 1 rings (SSSR count). The van der Waals surface area contributed by atoms with Crippen LogP contribution in [0.5, 0.6) is 0 Å². The molecule has 1 aliphatic heterocycles. The maximum absolute atomic E-state index is 13.2. The Bertz CT molecular complexity index is 1320. The molecule has 428 valence electrons. The van der Waals surface area contributed by atoms with Crippen LogP contribution in [0.25, 0.3) is 0 Å². The van der Waals surface area contributed by atoms with Crippen LogP contribution in [0.1, 0.15) is 303 Å². The monoisotopic (exact) mass is 1050 g/mol. The summed E-state index contributed by atoms with van der Waals surface area (Å²) in [5.74, 6) is -0.228. The lowest BCUT2D eigenvalue weighted by atomic mass is 9.99. The third-order valence-electron chi connectivity index (χ3n) is 14.8. The van der Waals surface area contributed by atoms with E-state index in [-0.39, 0.29) is 18.9 Å². The molecule has 1 heterocycles. The van der Waals surface area contributed by atoms with Crippen molar-refractivity contribution in [3.05, 3.63) is 12.2 Å². The van der Waals surface area contributed by atoms with Crippen molar-refractivity contribution in [2.45, 2.75) is 346 Å². The van der Waals surface area contributed by atoms with Crippen molar-refractivity contribution in [2.24, 2.45) is 0 Å². The van der Waals surface area contributed by atoms with Gasteiger partial charge < -0.3 is 35.2 Å². The number of carbonyl (C=O) groups is 1. The summed E-state index contributed by atoms with van der Waals surface area (Å²) in [4.78, 5) is 13.2. The molecule has 72 heavy (non-hydrogen) atoms. The number of carbonyl (C=O) groups excluding carboxylic acids is 1. The van der Waals surface area contributed by atoms with E-state index in [1.807, 2.05) is 0 Å². The predicted octanol–water partition coefficient (Wildman–Crippen LogP) is 14.6. The Kier molecular flexibility index (Phi) is 47.3. The van der Waals surface area contributed by atoms with Gasteiger partial charge in [0.1, 0.15) is 24.4 Å². The number of aliphatic hydroxyl groups is 4. The fourth-order valence-electron chi connectivity index (χ4n) is 10.1. The molecule has 0 radical (unpaired) electrons. The summed E-state index contributed by atoms with van der Waals surface area (Å²) >= 11 is 0. The van der Waals surface area contributed by atoms with E-state index in [0.29, 0.717) is 12.8 Å². The lowest BCUT2D eigenvalue weighted by molar-refractivity contribution is -0.298. The summed E-state index contributed by atoms with van der Waals surface area (Å²) in [5, 5.41) is 45.2. The van der Waals surface area contributed by atoms with E-state index in [0.717, 1.165) is 51.4 Å². The molecule has 0 aromatic rings. The van der Waals surface area contributed by atoms with Crippen molar-refractivity contribution in [3.8, 4) is 0 Å². The van der Waals surface area contributed by atoms with Crippen LogP contribution in [0.2, 0.25) is 0 Å². The molecule has 7 atom stereocenters. The zero-order valence-electron chi connectivity index (χ0n) is 46.5. The number of aliphatic hydroxyl groups excluding tert-OH is 4. The van der Waals surface area contributed by atoms with E-state index < -0.39 is 59.9 Å². The van der Waals surface area contributed by atoms with Gasteiger partial charge in [-0.25, -0.2) is 4.18 Å². The van der Waals surface area contributed by atoms with Crippen LogP contribution >= 0.6 is 0 Å². The van der Waals surface area contributed by atoms with Crippen molar-refractivity contribution in [1.82, 2.24) is 5.32 Å². The van der Waals surface area contributed by atoms with Crippen LogP contribution in [0.15, 0.2) is 12.2 Å². The Morgan fingerprint density at radius 2 is 0.889 bits per heavy atom. The molecule has 1 amide bonds. The van der Waals surface area contributed by atoms with Gasteiger partial charge in [-0.3, -0.25) is 9.35 Å². The maximum atomic E-state index is 13.2. The molecule has 0 saturated carbocycles. The van der Waals surface area contributed by atoms with Crippen molar-refractivity contribution in [1.29, 1.82) is 0 Å². The minimum atomic E-state index is -5.08. The van der Waals surface area contributed by atoms with Crippen molar-refractivity contribution < 1.29 is 51.8 Å². The van der Waals surface area contributed by atoms with E-state index >= 15 is 0 Å². The first-order valence-electron chi connectivity index (χ1n) is 30.6. The zero-order valence-corrected chi connectivity index (χ0v) is 47.3. The highest BCUT2D eigenvalue weighted by Gasteiger charge is 2.48. The smallest absolute Gasteiger partial charge is 0.394 e. The highest BCUT2D eigenvalue weighted by Crippen LogP contribution is 2.26. The average Bonchev–Trinajstić information content (AvgIpc) is 3.36. The number of allylic oxidation sites excluding steroid dienone is 2. The number of hydrogen-bond acceptors (Lipinski definition) is 10. The number of rotatable bonds is 54. The second kappa shape index (κ2) is 49.4. The van der Waals surface area contributed by atoms with Crippen molar-refractivity contribution in [3.63, 3.8) is 0 Å². The van der Waals surface area contributed by atoms with Gasteiger partial charge in [-0.15, -0.1) is 0 Å². The summed E-state index contributed by atoms with van der Waals surface area (Å²) in [6, 6.07) is -0.859. The van der Waals surface area contributed by atoms with Gasteiger partial charge in [0, 0.05) is 6.42 Å². The van der Waals surface area contributed by atoms with E-state index in [2.05, 4.69) is 35.5 Å². The molecule has 12 nitrogen and oxygen atoms in total. The van der Waals surface area contributed by atoms with E-state index in [1.165, 1.54) is 218 Å². The summed E-state index contributed by atoms with van der Waals surface area (Å²) in [6.07, 6.45) is 50.7. The Labute approximate surface area is 442 Å². The molecule has 1 fully saturated rings. The highest BCUT2D eigenvalue weighted by atomic mass is 32.3. The van der Waals surface area contributed by atoms with Crippen LogP contribution in [-0.4, -0.2) is 95.4 Å². The standard InChI is InChI=1S/C59H115NO11S/c1-3-5-7-9-11-13-15-17-19-21-23-25-27-29-31-33-35-37-39-41-43-45-47-49-55(63)60-52(51-69-59-57(65)58(71-72(66,67)68)56(64)54(50-61)70-59)53(62)48-46-44-42-40-38-36-34-32-30-28-26-24-22-20-18-16-14-12-10-8-6-4-2/h29,31,52-54,56-59,61-62,64-65H,3-28,30,32-51H2,1-2H3,(H,60,63)(H,66,67,68)/b31-29-. The quantitative estimate of drug-likeness (QED) is 0.0193. The summed E-state index contributed by atoms with van der Waals surface area (Å²) < 4.78 is 48.0. The number of ether oxygens (including phenoxy) is 2. The van der Waals surface area contributed by atoms with Gasteiger partial charge in [-0.1, -0.05) is 270 Å². The minimum absolute atomic E-state index is 0.228. The predicted molar refractivity (Wildman–Crippen MR) is 296 cm³/mol. The SMILES string of the molecule is CCCCCCCCCCCCCC/C=C\CCCCCCCCCC(=O)NC(COC1OC(CO)C(O)C(OS(=O)(=O)O)C1O)C(O)CCCCCCCCCCCCCCCCCCCCCCCC. The van der Waals surface area contributed by atoms with Gasteiger partial charge in [0.25, 0.3) is 0 Å². The molecule has 6 N–H and O–H groups in total. The Hall–Kier alpha value is -1.16. The van der Waals surface area contributed by atoms with Gasteiger partial charge in [-0.2, -0.15) is 8.42 Å². The lowest BCUT2D eigenvalue weighted by Gasteiger charge is -2.41. The van der Waals surface area contributed by atoms with Crippen molar-refractivity contribution >= 4 is 16.3 Å². The molecule has 0 aromatic carbocycles. The first-order valence-corrected chi connectivity index (χ1v) is 31.9. The fraction of sp³-hybridized carbons (Fsp3) is 0.949. The van der Waals surface area contributed by atoms with Crippen LogP contribution < -0.4 is 5.32 Å². The Balaban J connectivity index is 2.33. The Morgan fingerprint density at radius 3 is 1.25 bits per heavy atom.